The number of carbonyl (C=O) groups excluding carboxylic acids is 3. The zero-order valence-corrected chi connectivity index (χ0v) is 24.7. The molecule has 4 aromatic rings. The highest BCUT2D eigenvalue weighted by Crippen LogP contribution is 2.25. The van der Waals surface area contributed by atoms with Gasteiger partial charge < -0.3 is 35.5 Å². The lowest BCUT2D eigenvalue weighted by Gasteiger charge is -2.20. The van der Waals surface area contributed by atoms with Gasteiger partial charge in [-0.2, -0.15) is 0 Å². The van der Waals surface area contributed by atoms with Gasteiger partial charge in [-0.15, -0.1) is 0 Å². The fourth-order valence-corrected chi connectivity index (χ4v) is 5.44. The maximum absolute atomic E-state index is 13.0. The van der Waals surface area contributed by atoms with Gasteiger partial charge in [0.2, 0.25) is 0 Å². The second-order valence-electron chi connectivity index (χ2n) is 10.0. The highest BCUT2D eigenvalue weighted by atomic mass is 35.5. The lowest BCUT2D eigenvalue weighted by Crippen LogP contribution is -2.52. The van der Waals surface area contributed by atoms with Crippen LogP contribution in [0.25, 0.3) is 10.9 Å². The van der Waals surface area contributed by atoms with Gasteiger partial charge in [0.1, 0.15) is 12.8 Å². The second-order valence-corrected chi connectivity index (χ2v) is 10.9. The maximum atomic E-state index is 13.0. The number of hydrogen-bond acceptors (Lipinski definition) is 6. The van der Waals surface area contributed by atoms with Gasteiger partial charge >= 0.3 is 5.97 Å². The molecule has 13 heteroatoms. The van der Waals surface area contributed by atoms with E-state index in [1.54, 1.807) is 42.5 Å². The first kappa shape index (κ1) is 31.0. The minimum Gasteiger partial charge on any atom is -0.480 e. The maximum Gasteiger partial charge on any atom is 0.326 e. The van der Waals surface area contributed by atoms with Crippen LogP contribution < -0.4 is 16.0 Å². The number of ether oxygens (including phenoxy) is 2. The number of hydrogen-bond donors (Lipinski definition) is 5. The third-order valence-electron chi connectivity index (χ3n) is 7.11. The van der Waals surface area contributed by atoms with Crippen molar-refractivity contribution in [3.8, 4) is 0 Å². The van der Waals surface area contributed by atoms with Crippen LogP contribution in [0.4, 0.5) is 5.69 Å². The molecular formula is C31H28Cl2N4O7. The molecular weight excluding hydrogens is 611 g/mol. The van der Waals surface area contributed by atoms with Gasteiger partial charge in [-0.05, 0) is 47.9 Å². The van der Waals surface area contributed by atoms with Crippen LogP contribution in [0.3, 0.4) is 0 Å². The van der Waals surface area contributed by atoms with Gasteiger partial charge in [0, 0.05) is 35.8 Å². The number of rotatable bonds is 11. The van der Waals surface area contributed by atoms with Crippen LogP contribution in [-0.4, -0.2) is 65.4 Å². The van der Waals surface area contributed by atoms with E-state index in [9.17, 15) is 24.3 Å². The summed E-state index contributed by atoms with van der Waals surface area (Å²) >= 11 is 12.2. The van der Waals surface area contributed by atoms with E-state index in [2.05, 4.69) is 20.9 Å². The first-order chi connectivity index (χ1) is 21.2. The Morgan fingerprint density at radius 2 is 1.59 bits per heavy atom. The highest BCUT2D eigenvalue weighted by molar-refractivity contribution is 6.40. The van der Waals surface area contributed by atoms with E-state index in [0.29, 0.717) is 24.2 Å². The van der Waals surface area contributed by atoms with Crippen LogP contribution in [0.1, 0.15) is 21.5 Å². The Kier molecular flexibility index (Phi) is 9.81. The Hall–Kier alpha value is -4.42. The van der Waals surface area contributed by atoms with E-state index in [4.69, 9.17) is 32.7 Å². The van der Waals surface area contributed by atoms with Crippen LogP contribution in [0.15, 0.2) is 72.9 Å². The molecule has 1 saturated heterocycles. The first-order valence-corrected chi connectivity index (χ1v) is 14.4. The van der Waals surface area contributed by atoms with E-state index in [1.165, 1.54) is 0 Å². The predicted molar refractivity (Wildman–Crippen MR) is 164 cm³/mol. The summed E-state index contributed by atoms with van der Waals surface area (Å²) in [6.45, 7) is 0.0114. The van der Waals surface area contributed by atoms with Gasteiger partial charge in [-0.1, -0.05) is 59.6 Å². The quantitative estimate of drug-likeness (QED) is 0.166. The number of aromatic amines is 1. The molecule has 0 aliphatic carbocycles. The van der Waals surface area contributed by atoms with E-state index < -0.39 is 41.9 Å². The summed E-state index contributed by atoms with van der Waals surface area (Å²) in [6.07, 6.45) is -0.187. The van der Waals surface area contributed by atoms with Gasteiger partial charge in [0.15, 0.2) is 12.2 Å². The fourth-order valence-electron chi connectivity index (χ4n) is 4.87. The van der Waals surface area contributed by atoms with E-state index >= 15 is 0 Å². The molecule has 1 aliphatic heterocycles. The third kappa shape index (κ3) is 7.20. The van der Waals surface area contributed by atoms with E-state index in [1.807, 2.05) is 30.5 Å². The van der Waals surface area contributed by atoms with Gasteiger partial charge in [-0.25, -0.2) is 4.79 Å². The molecule has 5 N–H and O–H groups in total. The summed E-state index contributed by atoms with van der Waals surface area (Å²) in [5.74, 6) is -3.10. The van der Waals surface area contributed by atoms with Crippen molar-refractivity contribution < 1.29 is 33.8 Å². The topological polar surface area (TPSA) is 159 Å². The van der Waals surface area contributed by atoms with Crippen LogP contribution in [0.2, 0.25) is 10.0 Å². The normalized spacial score (nSPS) is 16.8. The molecule has 0 saturated carbocycles. The van der Waals surface area contributed by atoms with Crippen LogP contribution in [0, 0.1) is 0 Å². The molecule has 0 radical (unpaired) electrons. The van der Waals surface area contributed by atoms with Crippen molar-refractivity contribution in [3.63, 3.8) is 0 Å². The number of amides is 3. The number of nitrogens with one attached hydrogen (secondary N) is 4. The van der Waals surface area contributed by atoms with Crippen molar-refractivity contribution in [1.82, 2.24) is 15.6 Å². The molecule has 5 rings (SSSR count). The minimum atomic E-state index is -1.32. The van der Waals surface area contributed by atoms with Crippen molar-refractivity contribution in [3.05, 3.63) is 99.7 Å². The Labute approximate surface area is 261 Å². The van der Waals surface area contributed by atoms with Crippen molar-refractivity contribution in [2.75, 3.05) is 18.7 Å². The molecule has 228 valence electrons. The Bertz CT molecular complexity index is 1670. The average Bonchev–Trinajstić information content (AvgIpc) is 3.66. The van der Waals surface area contributed by atoms with Crippen LogP contribution in [0.5, 0.6) is 0 Å². The smallest absolute Gasteiger partial charge is 0.326 e. The summed E-state index contributed by atoms with van der Waals surface area (Å²) in [4.78, 5) is 53.7. The summed E-state index contributed by atoms with van der Waals surface area (Å²) in [5.41, 5.74) is 3.16. The highest BCUT2D eigenvalue weighted by Gasteiger charge is 2.41. The molecule has 3 amide bonds. The largest absolute Gasteiger partial charge is 0.480 e. The van der Waals surface area contributed by atoms with Gasteiger partial charge in [0.05, 0.1) is 15.6 Å². The molecule has 1 fully saturated rings. The molecule has 44 heavy (non-hydrogen) atoms. The zero-order valence-electron chi connectivity index (χ0n) is 23.1. The average molecular weight is 639 g/mol. The molecule has 3 aromatic carbocycles. The number of para-hydroxylation sites is 1. The Balaban J connectivity index is 1.15. The second kappa shape index (κ2) is 13.9. The number of carboxylic acid groups (broad SMARTS) is 1. The number of halogens is 2. The standard InChI is InChI=1S/C31H28Cl2N4O7/c32-21-5-3-6-22(33)25(21)28(38)36-19-10-8-17(9-11-19)14-24(31(41)42)37-30(40)27-26(43-16-44-27)29(39)34-13-12-18-15-35-23-7-2-1-4-20(18)23/h1-11,15,24,26-27,35H,12-14,16H2,(H,34,39)(H,36,38)(H,37,40)(H,41,42)/t24-,26+,27+/m0/s1. The summed E-state index contributed by atoms with van der Waals surface area (Å²) < 4.78 is 10.7. The van der Waals surface area contributed by atoms with E-state index in [-0.39, 0.29) is 28.8 Å². The number of carbonyl (C=O) groups is 4. The molecule has 3 atom stereocenters. The molecule has 11 nitrogen and oxygen atoms in total. The number of benzene rings is 3. The molecule has 1 aromatic heterocycles. The fraction of sp³-hybridized carbons (Fsp3) is 0.226. The van der Waals surface area contributed by atoms with Crippen molar-refractivity contribution in [2.24, 2.45) is 0 Å². The molecule has 2 heterocycles. The molecule has 0 spiro atoms. The van der Waals surface area contributed by atoms with E-state index in [0.717, 1.165) is 16.5 Å². The lowest BCUT2D eigenvalue weighted by atomic mass is 10.0. The Morgan fingerprint density at radius 1 is 0.909 bits per heavy atom. The number of fused-ring (bicyclic) bond motifs is 1. The minimum absolute atomic E-state index is 0.0687. The van der Waals surface area contributed by atoms with Crippen molar-refractivity contribution >= 4 is 63.5 Å². The SMILES string of the molecule is O=C(Nc1ccc(C[C@H](NC(=O)[C@@H]2OCO[C@H]2C(=O)NCCc2c[nH]c3ccccc23)C(=O)O)cc1)c1c(Cl)cccc1Cl. The number of anilines is 1. The monoisotopic (exact) mass is 638 g/mol. The third-order valence-corrected chi connectivity index (χ3v) is 7.74. The van der Waals surface area contributed by atoms with Gasteiger partial charge in [0.25, 0.3) is 17.7 Å². The van der Waals surface area contributed by atoms with Crippen molar-refractivity contribution in [1.29, 1.82) is 0 Å². The Morgan fingerprint density at radius 3 is 2.30 bits per heavy atom. The molecule has 1 aliphatic rings. The number of aliphatic carboxylic acids is 1. The summed E-state index contributed by atoms with van der Waals surface area (Å²) in [6, 6.07) is 17.6. The van der Waals surface area contributed by atoms with Gasteiger partial charge in [-0.3, -0.25) is 14.4 Å². The number of H-pyrrole nitrogens is 1. The zero-order chi connectivity index (χ0) is 31.2. The predicted octanol–water partition coefficient (Wildman–Crippen LogP) is 3.94. The molecule has 0 bridgehead atoms. The number of aromatic nitrogens is 1. The number of carboxylic acids is 1. The summed E-state index contributed by atoms with van der Waals surface area (Å²) in [7, 11) is 0. The first-order valence-electron chi connectivity index (χ1n) is 13.6. The lowest BCUT2D eigenvalue weighted by molar-refractivity contribution is -0.144. The van der Waals surface area contributed by atoms with Crippen LogP contribution >= 0.6 is 23.2 Å². The summed E-state index contributed by atoms with van der Waals surface area (Å²) in [5, 5.41) is 19.1. The van der Waals surface area contributed by atoms with Crippen molar-refractivity contribution in [2.45, 2.75) is 31.1 Å². The van der Waals surface area contributed by atoms with Crippen LogP contribution in [-0.2, 0) is 36.7 Å². The molecule has 0 unspecified atom stereocenters.